The predicted molar refractivity (Wildman–Crippen MR) is 82.8 cm³/mol. The smallest absolute Gasteiger partial charge is 0.0794 e. The molecule has 1 heterocycles. The molecule has 1 aromatic heterocycles. The maximum atomic E-state index is 4.22. The fraction of sp³-hybridized carbons (Fsp3) is 0.438. The normalized spacial score (nSPS) is 12.6. The summed E-state index contributed by atoms with van der Waals surface area (Å²) in [6.45, 7) is 7.65. The minimum atomic E-state index is 0.382. The molecule has 102 valence electrons. The number of nitrogens with zero attached hydrogens (tertiary/aromatic N) is 1. The van der Waals surface area contributed by atoms with E-state index in [-0.39, 0.29) is 0 Å². The maximum absolute atomic E-state index is 4.22. The molecule has 1 N–H and O–H groups in total. The van der Waals surface area contributed by atoms with Gasteiger partial charge in [-0.2, -0.15) is 0 Å². The molecule has 0 saturated heterocycles. The number of hydrogen-bond acceptors (Lipinski definition) is 3. The Labute approximate surface area is 119 Å². The lowest BCUT2D eigenvalue weighted by Gasteiger charge is -2.19. The van der Waals surface area contributed by atoms with Crippen LogP contribution >= 0.6 is 11.3 Å². The lowest BCUT2D eigenvalue weighted by Crippen LogP contribution is -2.24. The summed E-state index contributed by atoms with van der Waals surface area (Å²) in [5.41, 5.74) is 6.14. The van der Waals surface area contributed by atoms with Gasteiger partial charge in [0.15, 0.2) is 0 Å². The van der Waals surface area contributed by atoms with Crippen LogP contribution in [0, 0.1) is 13.8 Å². The van der Waals surface area contributed by atoms with Crippen LogP contribution in [-0.2, 0) is 6.42 Å². The summed E-state index contributed by atoms with van der Waals surface area (Å²) in [6.07, 6.45) is 4.19. The number of hydrogen-bond donors (Lipinski definition) is 1. The van der Waals surface area contributed by atoms with Crippen molar-refractivity contribution in [1.82, 2.24) is 10.3 Å². The van der Waals surface area contributed by atoms with Gasteiger partial charge in [0.2, 0.25) is 0 Å². The van der Waals surface area contributed by atoms with Crippen LogP contribution in [0.5, 0.6) is 0 Å². The van der Waals surface area contributed by atoms with E-state index in [9.17, 15) is 0 Å². The monoisotopic (exact) mass is 274 g/mol. The van der Waals surface area contributed by atoms with E-state index >= 15 is 0 Å². The van der Waals surface area contributed by atoms with Crippen molar-refractivity contribution in [2.24, 2.45) is 0 Å². The quantitative estimate of drug-likeness (QED) is 0.860. The van der Waals surface area contributed by atoms with Gasteiger partial charge in [-0.15, -0.1) is 11.3 Å². The molecule has 0 fully saturated rings. The molecule has 2 rings (SSSR count). The molecule has 0 bridgehead atoms. The van der Waals surface area contributed by atoms with E-state index < -0.39 is 0 Å². The van der Waals surface area contributed by atoms with Crippen LogP contribution in [0.15, 0.2) is 29.9 Å². The third-order valence-electron chi connectivity index (χ3n) is 3.49. The molecule has 2 aromatic rings. The summed E-state index contributed by atoms with van der Waals surface area (Å²) in [4.78, 5) is 5.55. The lowest BCUT2D eigenvalue weighted by atomic mass is 9.96. The summed E-state index contributed by atoms with van der Waals surface area (Å²) < 4.78 is 0. The van der Waals surface area contributed by atoms with Gasteiger partial charge < -0.3 is 5.32 Å². The van der Waals surface area contributed by atoms with E-state index in [1.54, 1.807) is 11.3 Å². The van der Waals surface area contributed by atoms with E-state index in [1.165, 1.54) is 21.6 Å². The molecule has 0 spiro atoms. The Hall–Kier alpha value is -1.19. The van der Waals surface area contributed by atoms with Gasteiger partial charge >= 0.3 is 0 Å². The second-order valence-electron chi connectivity index (χ2n) is 4.98. The molecular formula is C16H22N2S. The van der Waals surface area contributed by atoms with Gasteiger partial charge in [-0.3, -0.25) is 4.98 Å². The predicted octanol–water partition coefficient (Wildman–Crippen LogP) is 4.04. The van der Waals surface area contributed by atoms with Crippen molar-refractivity contribution in [2.75, 3.05) is 6.54 Å². The number of aromatic nitrogens is 1. The number of thiazole rings is 1. The fourth-order valence-electron chi connectivity index (χ4n) is 2.36. The van der Waals surface area contributed by atoms with Gasteiger partial charge in [0.05, 0.1) is 5.51 Å². The fourth-order valence-corrected chi connectivity index (χ4v) is 3.06. The van der Waals surface area contributed by atoms with E-state index in [1.807, 2.05) is 11.7 Å². The molecule has 3 heteroatoms. The molecular weight excluding hydrogens is 252 g/mol. The summed E-state index contributed by atoms with van der Waals surface area (Å²) >= 11 is 1.74. The highest BCUT2D eigenvalue weighted by Gasteiger charge is 2.15. The number of aryl methyl sites for hydroxylation is 2. The Morgan fingerprint density at radius 2 is 2.00 bits per heavy atom. The van der Waals surface area contributed by atoms with Crippen molar-refractivity contribution in [3.05, 3.63) is 51.5 Å². The lowest BCUT2D eigenvalue weighted by molar-refractivity contribution is 0.534. The van der Waals surface area contributed by atoms with Crippen LogP contribution in [0.2, 0.25) is 0 Å². The van der Waals surface area contributed by atoms with Crippen LogP contribution in [0.1, 0.15) is 41.0 Å². The minimum Gasteiger partial charge on any atom is -0.309 e. The minimum absolute atomic E-state index is 0.382. The highest BCUT2D eigenvalue weighted by atomic mass is 32.1. The molecule has 1 aromatic carbocycles. The van der Waals surface area contributed by atoms with E-state index in [2.05, 4.69) is 49.3 Å². The molecule has 0 radical (unpaired) electrons. The molecule has 0 aliphatic heterocycles. The first kappa shape index (κ1) is 14.2. The van der Waals surface area contributed by atoms with Crippen LogP contribution in [-0.4, -0.2) is 11.5 Å². The molecule has 2 nitrogen and oxygen atoms in total. The molecule has 0 saturated carbocycles. The van der Waals surface area contributed by atoms with E-state index in [4.69, 9.17) is 0 Å². The van der Waals surface area contributed by atoms with Crippen LogP contribution in [0.4, 0.5) is 0 Å². The second kappa shape index (κ2) is 6.83. The average Bonchev–Trinajstić information content (AvgIpc) is 2.91. The molecule has 0 amide bonds. The van der Waals surface area contributed by atoms with Crippen molar-refractivity contribution in [1.29, 1.82) is 0 Å². The Bertz CT molecular complexity index is 485. The molecule has 1 atom stereocenters. The molecule has 19 heavy (non-hydrogen) atoms. The Kier molecular flexibility index (Phi) is 5.11. The third kappa shape index (κ3) is 3.64. The first-order valence-electron chi connectivity index (χ1n) is 6.89. The van der Waals surface area contributed by atoms with E-state index in [0.29, 0.717) is 6.04 Å². The van der Waals surface area contributed by atoms with Gasteiger partial charge in [0.1, 0.15) is 0 Å². The summed E-state index contributed by atoms with van der Waals surface area (Å²) in [7, 11) is 0. The summed E-state index contributed by atoms with van der Waals surface area (Å²) in [6, 6.07) is 6.92. The third-order valence-corrected chi connectivity index (χ3v) is 4.38. The zero-order valence-corrected chi connectivity index (χ0v) is 12.8. The van der Waals surface area contributed by atoms with Gasteiger partial charge in [-0.1, -0.05) is 25.1 Å². The van der Waals surface area contributed by atoms with Gasteiger partial charge in [-0.25, -0.2) is 0 Å². The molecule has 1 unspecified atom stereocenters. The van der Waals surface area contributed by atoms with Gasteiger partial charge in [-0.05, 0) is 49.9 Å². The van der Waals surface area contributed by atoms with Crippen molar-refractivity contribution in [2.45, 2.75) is 39.7 Å². The van der Waals surface area contributed by atoms with Crippen LogP contribution < -0.4 is 5.32 Å². The van der Waals surface area contributed by atoms with Crippen molar-refractivity contribution in [3.63, 3.8) is 0 Å². The first-order chi connectivity index (χ1) is 9.22. The summed E-state index contributed by atoms with van der Waals surface area (Å²) in [5, 5.41) is 3.65. The van der Waals surface area contributed by atoms with Crippen LogP contribution in [0.25, 0.3) is 0 Å². The highest BCUT2D eigenvalue weighted by molar-refractivity contribution is 7.09. The van der Waals surface area contributed by atoms with Crippen LogP contribution in [0.3, 0.4) is 0 Å². The second-order valence-corrected chi connectivity index (χ2v) is 5.90. The van der Waals surface area contributed by atoms with Crippen molar-refractivity contribution < 1.29 is 0 Å². The topological polar surface area (TPSA) is 24.9 Å². The molecule has 0 aliphatic carbocycles. The Balaban J connectivity index is 2.20. The van der Waals surface area contributed by atoms with Gasteiger partial charge in [0, 0.05) is 17.1 Å². The van der Waals surface area contributed by atoms with Gasteiger partial charge in [0.25, 0.3) is 0 Å². The standard InChI is InChI=1S/C16H22N2S/c1-4-8-18-15(16-10-17-11-19-16)9-14-12(2)6-5-7-13(14)3/h5-7,10-11,15,18H,4,8-9H2,1-3H3. The average molecular weight is 274 g/mol. The summed E-state index contributed by atoms with van der Waals surface area (Å²) in [5.74, 6) is 0. The zero-order chi connectivity index (χ0) is 13.7. The van der Waals surface area contributed by atoms with Crippen molar-refractivity contribution >= 4 is 11.3 Å². The number of benzene rings is 1. The highest BCUT2D eigenvalue weighted by Crippen LogP contribution is 2.25. The molecule has 0 aliphatic rings. The van der Waals surface area contributed by atoms with Crippen molar-refractivity contribution in [3.8, 4) is 0 Å². The SMILES string of the molecule is CCCNC(Cc1c(C)cccc1C)c1cncs1. The maximum Gasteiger partial charge on any atom is 0.0794 e. The number of rotatable bonds is 6. The zero-order valence-electron chi connectivity index (χ0n) is 11.9. The first-order valence-corrected chi connectivity index (χ1v) is 7.77. The Morgan fingerprint density at radius 3 is 2.58 bits per heavy atom. The Morgan fingerprint density at radius 1 is 1.26 bits per heavy atom. The number of nitrogens with one attached hydrogen (secondary N) is 1. The van der Waals surface area contributed by atoms with E-state index in [0.717, 1.165) is 19.4 Å². The largest absolute Gasteiger partial charge is 0.309 e.